The van der Waals surface area contributed by atoms with Crippen LogP contribution in [-0.4, -0.2) is 4.98 Å². The molecule has 0 aliphatic heterocycles. The maximum Gasteiger partial charge on any atom is 0.101 e. The van der Waals surface area contributed by atoms with Crippen molar-refractivity contribution in [3.05, 3.63) is 53.3 Å². The highest BCUT2D eigenvalue weighted by atomic mass is 14.7. The molecule has 0 N–H and O–H groups in total. The van der Waals surface area contributed by atoms with Crippen LogP contribution in [0.25, 0.3) is 11.1 Å². The minimum atomic E-state index is 0.339. The molecule has 0 aliphatic rings. The van der Waals surface area contributed by atoms with Crippen LogP contribution < -0.4 is 0 Å². The van der Waals surface area contributed by atoms with Gasteiger partial charge in [-0.3, -0.25) is 4.98 Å². The van der Waals surface area contributed by atoms with Gasteiger partial charge in [0.05, 0.1) is 17.0 Å². The van der Waals surface area contributed by atoms with Gasteiger partial charge in [0.25, 0.3) is 0 Å². The summed E-state index contributed by atoms with van der Waals surface area (Å²) in [5.74, 6) is 0.339. The van der Waals surface area contributed by atoms with Crippen molar-refractivity contribution in [1.29, 1.82) is 5.26 Å². The van der Waals surface area contributed by atoms with Crippen LogP contribution in [0.3, 0.4) is 0 Å². The quantitative estimate of drug-likeness (QED) is 0.788. The van der Waals surface area contributed by atoms with E-state index >= 15 is 0 Å². The van der Waals surface area contributed by atoms with E-state index in [1.54, 1.807) is 0 Å². The minimum absolute atomic E-state index is 0.339. The number of pyridine rings is 1. The van der Waals surface area contributed by atoms with Crippen molar-refractivity contribution in [2.24, 2.45) is 0 Å². The second-order valence-corrected chi connectivity index (χ2v) is 4.69. The fraction of sp³-hybridized carbons (Fsp3) is 0.250. The lowest BCUT2D eigenvalue weighted by Gasteiger charge is -2.14. The maximum absolute atomic E-state index is 9.13. The van der Waals surface area contributed by atoms with Gasteiger partial charge in [-0.05, 0) is 24.5 Å². The first-order valence-electron chi connectivity index (χ1n) is 6.10. The van der Waals surface area contributed by atoms with E-state index in [-0.39, 0.29) is 0 Å². The van der Waals surface area contributed by atoms with Gasteiger partial charge in [0, 0.05) is 5.56 Å². The summed E-state index contributed by atoms with van der Waals surface area (Å²) in [4.78, 5) is 4.60. The zero-order valence-corrected chi connectivity index (χ0v) is 10.9. The SMILES string of the molecule is Cc1nc(C(C)C)c(-c2ccccc2)cc1C#N. The molecule has 2 heteroatoms. The molecule has 0 amide bonds. The molecule has 2 aromatic rings. The average Bonchev–Trinajstić information content (AvgIpc) is 2.39. The highest BCUT2D eigenvalue weighted by molar-refractivity contribution is 5.68. The van der Waals surface area contributed by atoms with Gasteiger partial charge in [0.1, 0.15) is 6.07 Å². The predicted octanol–water partition coefficient (Wildman–Crippen LogP) is 4.05. The number of nitriles is 1. The van der Waals surface area contributed by atoms with Crippen LogP contribution in [0.15, 0.2) is 36.4 Å². The molecule has 0 fully saturated rings. The highest BCUT2D eigenvalue weighted by Crippen LogP contribution is 2.29. The molecule has 0 saturated carbocycles. The van der Waals surface area contributed by atoms with Crippen molar-refractivity contribution in [1.82, 2.24) is 4.98 Å². The molecule has 0 saturated heterocycles. The Kier molecular flexibility index (Phi) is 3.43. The Morgan fingerprint density at radius 3 is 2.39 bits per heavy atom. The summed E-state index contributed by atoms with van der Waals surface area (Å²) in [5, 5.41) is 9.13. The van der Waals surface area contributed by atoms with Crippen LogP contribution in [0.4, 0.5) is 0 Å². The summed E-state index contributed by atoms with van der Waals surface area (Å²) in [6, 6.07) is 14.3. The lowest BCUT2D eigenvalue weighted by Crippen LogP contribution is -2.01. The Labute approximate surface area is 108 Å². The molecule has 90 valence electrons. The van der Waals surface area contributed by atoms with Crippen molar-refractivity contribution in [3.63, 3.8) is 0 Å². The van der Waals surface area contributed by atoms with Gasteiger partial charge in [0.15, 0.2) is 0 Å². The molecular formula is C16H16N2. The van der Waals surface area contributed by atoms with E-state index in [1.807, 2.05) is 31.2 Å². The largest absolute Gasteiger partial charge is 0.256 e. The van der Waals surface area contributed by atoms with Gasteiger partial charge < -0.3 is 0 Å². The van der Waals surface area contributed by atoms with Gasteiger partial charge in [-0.1, -0.05) is 44.2 Å². The van der Waals surface area contributed by atoms with E-state index in [2.05, 4.69) is 37.0 Å². The fourth-order valence-corrected chi connectivity index (χ4v) is 2.03. The lowest BCUT2D eigenvalue weighted by atomic mass is 9.95. The number of aryl methyl sites for hydroxylation is 1. The molecule has 0 radical (unpaired) electrons. The van der Waals surface area contributed by atoms with Gasteiger partial charge in [-0.25, -0.2) is 0 Å². The summed E-state index contributed by atoms with van der Waals surface area (Å²) in [5.41, 5.74) is 4.69. The first-order valence-corrected chi connectivity index (χ1v) is 6.10. The molecule has 1 heterocycles. The van der Waals surface area contributed by atoms with Gasteiger partial charge in [-0.2, -0.15) is 5.26 Å². The van der Waals surface area contributed by atoms with E-state index in [9.17, 15) is 0 Å². The fourth-order valence-electron chi connectivity index (χ4n) is 2.03. The Morgan fingerprint density at radius 2 is 1.83 bits per heavy atom. The van der Waals surface area contributed by atoms with E-state index in [0.29, 0.717) is 11.5 Å². The maximum atomic E-state index is 9.13. The van der Waals surface area contributed by atoms with Crippen LogP contribution in [0.2, 0.25) is 0 Å². The lowest BCUT2D eigenvalue weighted by molar-refractivity contribution is 0.817. The van der Waals surface area contributed by atoms with Crippen LogP contribution in [0.5, 0.6) is 0 Å². The standard InChI is InChI=1S/C16H16N2/c1-11(2)16-15(13-7-5-4-6-8-13)9-14(10-17)12(3)18-16/h4-9,11H,1-3H3. The molecule has 0 bridgehead atoms. The summed E-state index contributed by atoms with van der Waals surface area (Å²) >= 11 is 0. The third-order valence-electron chi connectivity index (χ3n) is 2.99. The van der Waals surface area contributed by atoms with Gasteiger partial charge in [-0.15, -0.1) is 0 Å². The molecule has 1 aromatic carbocycles. The monoisotopic (exact) mass is 236 g/mol. The molecule has 2 rings (SSSR count). The molecular weight excluding hydrogens is 220 g/mol. The molecule has 0 atom stereocenters. The zero-order valence-electron chi connectivity index (χ0n) is 10.9. The van der Waals surface area contributed by atoms with Crippen molar-refractivity contribution in [2.75, 3.05) is 0 Å². The second-order valence-electron chi connectivity index (χ2n) is 4.69. The van der Waals surface area contributed by atoms with Crippen LogP contribution in [-0.2, 0) is 0 Å². The normalized spacial score (nSPS) is 10.4. The van der Waals surface area contributed by atoms with Gasteiger partial charge >= 0.3 is 0 Å². The number of benzene rings is 1. The average molecular weight is 236 g/mol. The molecule has 1 aromatic heterocycles. The number of aromatic nitrogens is 1. The Morgan fingerprint density at radius 1 is 1.17 bits per heavy atom. The molecule has 0 unspecified atom stereocenters. The number of rotatable bonds is 2. The Hall–Kier alpha value is -2.14. The first kappa shape index (κ1) is 12.3. The van der Waals surface area contributed by atoms with Crippen LogP contribution in [0, 0.1) is 18.3 Å². The van der Waals surface area contributed by atoms with E-state index in [0.717, 1.165) is 22.5 Å². The number of hydrogen-bond acceptors (Lipinski definition) is 2. The Bertz CT molecular complexity index is 592. The van der Waals surface area contributed by atoms with E-state index < -0.39 is 0 Å². The second kappa shape index (κ2) is 5.01. The zero-order chi connectivity index (χ0) is 13.1. The van der Waals surface area contributed by atoms with E-state index in [4.69, 9.17) is 5.26 Å². The summed E-state index contributed by atoms with van der Waals surface area (Å²) in [6.07, 6.45) is 0. The smallest absolute Gasteiger partial charge is 0.101 e. The van der Waals surface area contributed by atoms with Crippen molar-refractivity contribution in [2.45, 2.75) is 26.7 Å². The highest BCUT2D eigenvalue weighted by Gasteiger charge is 2.13. The van der Waals surface area contributed by atoms with Crippen molar-refractivity contribution in [3.8, 4) is 17.2 Å². The van der Waals surface area contributed by atoms with E-state index in [1.165, 1.54) is 0 Å². The summed E-state index contributed by atoms with van der Waals surface area (Å²) in [6.45, 7) is 6.14. The number of hydrogen-bond donors (Lipinski definition) is 0. The minimum Gasteiger partial charge on any atom is -0.256 e. The van der Waals surface area contributed by atoms with Crippen LogP contribution >= 0.6 is 0 Å². The molecule has 2 nitrogen and oxygen atoms in total. The summed E-state index contributed by atoms with van der Waals surface area (Å²) in [7, 11) is 0. The number of nitrogens with zero attached hydrogens (tertiary/aromatic N) is 2. The third-order valence-corrected chi connectivity index (χ3v) is 2.99. The van der Waals surface area contributed by atoms with Gasteiger partial charge in [0.2, 0.25) is 0 Å². The topological polar surface area (TPSA) is 36.7 Å². The van der Waals surface area contributed by atoms with Crippen molar-refractivity contribution < 1.29 is 0 Å². The molecule has 0 aliphatic carbocycles. The Balaban J connectivity index is 2.69. The molecule has 0 spiro atoms. The van der Waals surface area contributed by atoms with Crippen LogP contribution in [0.1, 0.15) is 36.7 Å². The predicted molar refractivity (Wildman–Crippen MR) is 73.2 cm³/mol. The third kappa shape index (κ3) is 2.26. The van der Waals surface area contributed by atoms with Crippen molar-refractivity contribution >= 4 is 0 Å². The summed E-state index contributed by atoms with van der Waals surface area (Å²) < 4.78 is 0. The first-order chi connectivity index (χ1) is 8.63. The molecule has 18 heavy (non-hydrogen) atoms.